The first-order valence-electron chi connectivity index (χ1n) is 7.71. The van der Waals surface area contributed by atoms with Gasteiger partial charge in [-0.15, -0.1) is 0 Å². The summed E-state index contributed by atoms with van der Waals surface area (Å²) in [7, 11) is -0.407. The Kier molecular flexibility index (Phi) is 3.57. The lowest BCUT2D eigenvalue weighted by molar-refractivity contribution is -0.146. The van der Waals surface area contributed by atoms with Gasteiger partial charge in [-0.05, 0) is 46.1 Å². The van der Waals surface area contributed by atoms with Gasteiger partial charge in [0.1, 0.15) is 6.10 Å². The molecule has 1 aliphatic heterocycles. The molecule has 0 saturated carbocycles. The highest BCUT2D eigenvalue weighted by molar-refractivity contribution is 6.62. The van der Waals surface area contributed by atoms with E-state index in [-0.39, 0.29) is 23.3 Å². The van der Waals surface area contributed by atoms with Crippen LogP contribution in [-0.2, 0) is 25.3 Å². The molecule has 5 nitrogen and oxygen atoms in total. The Hall–Kier alpha value is -1.40. The molecule has 6 heteroatoms. The molecule has 1 aliphatic carbocycles. The molecule has 0 N–H and O–H groups in total. The third-order valence-electron chi connectivity index (χ3n) is 4.84. The van der Waals surface area contributed by atoms with Crippen LogP contribution in [0, 0.1) is 0 Å². The second-order valence-electron chi connectivity index (χ2n) is 7.04. The number of carbonyl (C=O) groups excluding carboxylic acids is 1. The highest BCUT2D eigenvalue weighted by Crippen LogP contribution is 2.37. The van der Waals surface area contributed by atoms with Crippen molar-refractivity contribution in [3.05, 3.63) is 23.5 Å². The number of aromatic nitrogens is 1. The molecule has 2 heterocycles. The van der Waals surface area contributed by atoms with E-state index < -0.39 is 7.12 Å². The molecule has 1 atom stereocenters. The molecule has 1 fully saturated rings. The molecule has 1 unspecified atom stereocenters. The molecule has 0 bridgehead atoms. The van der Waals surface area contributed by atoms with Crippen LogP contribution in [0.5, 0.6) is 0 Å². The van der Waals surface area contributed by atoms with Gasteiger partial charge in [0.15, 0.2) is 0 Å². The second kappa shape index (κ2) is 5.06. The lowest BCUT2D eigenvalue weighted by atomic mass is 9.79. The number of ether oxygens (including phenoxy) is 1. The van der Waals surface area contributed by atoms with E-state index in [2.05, 4.69) is 11.1 Å². The maximum atomic E-state index is 11.1. The van der Waals surface area contributed by atoms with Gasteiger partial charge in [-0.1, -0.05) is 6.07 Å². The van der Waals surface area contributed by atoms with E-state index in [1.54, 1.807) is 6.20 Å². The smallest absolute Gasteiger partial charge is 0.456 e. The zero-order valence-corrected chi connectivity index (χ0v) is 13.8. The molecule has 0 spiro atoms. The van der Waals surface area contributed by atoms with Crippen LogP contribution in [0.2, 0.25) is 0 Å². The molecular formula is C16H22BNO4. The van der Waals surface area contributed by atoms with Gasteiger partial charge in [0, 0.05) is 18.6 Å². The van der Waals surface area contributed by atoms with Crippen molar-refractivity contribution >= 4 is 18.6 Å². The average Bonchev–Trinajstić information content (AvgIpc) is 2.88. The fourth-order valence-electron chi connectivity index (χ4n) is 2.88. The van der Waals surface area contributed by atoms with E-state index in [9.17, 15) is 4.79 Å². The number of fused-ring (bicyclic) bond motifs is 1. The molecule has 1 saturated heterocycles. The Morgan fingerprint density at radius 2 is 1.95 bits per heavy atom. The fourth-order valence-corrected chi connectivity index (χ4v) is 2.88. The first-order chi connectivity index (χ1) is 10.2. The van der Waals surface area contributed by atoms with Crippen molar-refractivity contribution in [2.24, 2.45) is 0 Å². The number of nitrogens with zero attached hydrogens (tertiary/aromatic N) is 1. The van der Waals surface area contributed by atoms with Gasteiger partial charge in [0.05, 0.1) is 16.9 Å². The van der Waals surface area contributed by atoms with Crippen molar-refractivity contribution in [1.29, 1.82) is 0 Å². The Labute approximate surface area is 131 Å². The molecule has 1 aromatic heterocycles. The normalized spacial score (nSPS) is 25.1. The van der Waals surface area contributed by atoms with E-state index in [0.29, 0.717) is 0 Å². The van der Waals surface area contributed by atoms with Crippen LogP contribution in [0.15, 0.2) is 12.3 Å². The second-order valence-corrected chi connectivity index (χ2v) is 7.04. The lowest BCUT2D eigenvalue weighted by Crippen LogP contribution is -2.41. The summed E-state index contributed by atoms with van der Waals surface area (Å²) in [6, 6.07) is 2.06. The number of pyridine rings is 1. The number of hydrogen-bond donors (Lipinski definition) is 0. The van der Waals surface area contributed by atoms with Crippen LogP contribution in [0.4, 0.5) is 0 Å². The predicted molar refractivity (Wildman–Crippen MR) is 82.8 cm³/mol. The minimum atomic E-state index is -0.407. The third-order valence-corrected chi connectivity index (χ3v) is 4.84. The van der Waals surface area contributed by atoms with Gasteiger partial charge in [0.25, 0.3) is 0 Å². The van der Waals surface area contributed by atoms with Crippen molar-refractivity contribution in [3.8, 4) is 0 Å². The molecule has 0 radical (unpaired) electrons. The number of rotatable bonds is 2. The quantitative estimate of drug-likeness (QED) is 0.617. The van der Waals surface area contributed by atoms with Crippen LogP contribution in [-0.4, -0.2) is 29.3 Å². The third kappa shape index (κ3) is 2.54. The number of hydrogen-bond acceptors (Lipinski definition) is 5. The minimum Gasteiger partial charge on any atom is -0.456 e. The van der Waals surface area contributed by atoms with Crippen molar-refractivity contribution in [2.45, 2.75) is 64.8 Å². The van der Waals surface area contributed by atoms with E-state index in [4.69, 9.17) is 14.0 Å². The van der Waals surface area contributed by atoms with Gasteiger partial charge >= 0.3 is 13.1 Å². The van der Waals surface area contributed by atoms with E-state index in [1.165, 1.54) is 6.92 Å². The van der Waals surface area contributed by atoms with E-state index >= 15 is 0 Å². The molecule has 118 valence electrons. The summed E-state index contributed by atoms with van der Waals surface area (Å²) in [5.74, 6) is -0.269. The Bertz CT molecular complexity index is 598. The summed E-state index contributed by atoms with van der Waals surface area (Å²) in [6.45, 7) is 9.56. The molecule has 1 aromatic rings. The predicted octanol–water partition coefficient (Wildman–Crippen LogP) is 1.93. The zero-order chi connectivity index (χ0) is 16.1. The summed E-state index contributed by atoms with van der Waals surface area (Å²) in [6.07, 6.45) is 3.19. The Balaban J connectivity index is 1.83. The Morgan fingerprint density at radius 1 is 1.32 bits per heavy atom. The highest BCUT2D eigenvalue weighted by Gasteiger charge is 2.52. The first-order valence-corrected chi connectivity index (χ1v) is 7.71. The van der Waals surface area contributed by atoms with Crippen molar-refractivity contribution < 1.29 is 18.8 Å². The maximum absolute atomic E-state index is 11.1. The Morgan fingerprint density at radius 3 is 2.55 bits per heavy atom. The summed E-state index contributed by atoms with van der Waals surface area (Å²) < 4.78 is 17.4. The summed E-state index contributed by atoms with van der Waals surface area (Å²) in [5.41, 5.74) is 2.16. The summed E-state index contributed by atoms with van der Waals surface area (Å²) in [5, 5.41) is 0. The van der Waals surface area contributed by atoms with Gasteiger partial charge in [-0.2, -0.15) is 0 Å². The van der Waals surface area contributed by atoms with E-state index in [0.717, 1.165) is 29.6 Å². The van der Waals surface area contributed by atoms with Crippen LogP contribution in [0.25, 0.3) is 0 Å². The van der Waals surface area contributed by atoms with Gasteiger partial charge in [-0.25, -0.2) is 0 Å². The number of aryl methyl sites for hydroxylation is 1. The molecule has 3 rings (SSSR count). The average molecular weight is 303 g/mol. The summed E-state index contributed by atoms with van der Waals surface area (Å²) >= 11 is 0. The SMILES string of the molecule is CC(=O)OC1CCc2cc(B3OC(C)(C)C(C)(C)O3)cnc21. The van der Waals surface area contributed by atoms with Crippen molar-refractivity contribution in [2.75, 3.05) is 0 Å². The van der Waals surface area contributed by atoms with Gasteiger partial charge < -0.3 is 14.0 Å². The van der Waals surface area contributed by atoms with Crippen LogP contribution >= 0.6 is 0 Å². The van der Waals surface area contributed by atoms with Gasteiger partial charge in [-0.3, -0.25) is 9.78 Å². The molecule has 2 aliphatic rings. The molecule has 0 amide bonds. The van der Waals surface area contributed by atoms with Crippen molar-refractivity contribution in [3.63, 3.8) is 0 Å². The van der Waals surface area contributed by atoms with Crippen molar-refractivity contribution in [1.82, 2.24) is 4.98 Å². The monoisotopic (exact) mass is 303 g/mol. The molecule has 22 heavy (non-hydrogen) atoms. The zero-order valence-electron chi connectivity index (χ0n) is 13.8. The lowest BCUT2D eigenvalue weighted by Gasteiger charge is -2.32. The minimum absolute atomic E-state index is 0.222. The van der Waals surface area contributed by atoms with Crippen LogP contribution < -0.4 is 5.46 Å². The number of carbonyl (C=O) groups is 1. The maximum Gasteiger partial charge on any atom is 0.496 e. The highest BCUT2D eigenvalue weighted by atomic mass is 16.7. The fraction of sp³-hybridized carbons (Fsp3) is 0.625. The molecule has 0 aromatic carbocycles. The van der Waals surface area contributed by atoms with Crippen LogP contribution in [0.3, 0.4) is 0 Å². The molecular weight excluding hydrogens is 281 g/mol. The largest absolute Gasteiger partial charge is 0.496 e. The standard InChI is InChI=1S/C16H22BNO4/c1-10(19)20-13-7-6-11-8-12(9-18-14(11)13)17-21-15(2,3)16(4,5)22-17/h8-9,13H,6-7H2,1-5H3. The number of esters is 1. The van der Waals surface area contributed by atoms with Gasteiger partial charge in [0.2, 0.25) is 0 Å². The van der Waals surface area contributed by atoms with Crippen LogP contribution in [0.1, 0.15) is 58.4 Å². The van der Waals surface area contributed by atoms with E-state index in [1.807, 2.05) is 27.7 Å². The first kappa shape index (κ1) is 15.5. The topological polar surface area (TPSA) is 57.7 Å². The summed E-state index contributed by atoms with van der Waals surface area (Å²) in [4.78, 5) is 15.6.